The number of carbonyl (C=O) groups is 1. The number of halogens is 1. The van der Waals surface area contributed by atoms with Crippen LogP contribution >= 0.6 is 0 Å². The first kappa shape index (κ1) is 23.5. The maximum absolute atomic E-state index is 13.9. The topological polar surface area (TPSA) is 56.8 Å². The van der Waals surface area contributed by atoms with Gasteiger partial charge in [0, 0.05) is 38.8 Å². The highest BCUT2D eigenvalue weighted by Crippen LogP contribution is 2.20. The van der Waals surface area contributed by atoms with E-state index in [0.29, 0.717) is 13.1 Å². The molecule has 2 aromatic carbocycles. The van der Waals surface area contributed by atoms with Crippen LogP contribution < -0.4 is 15.4 Å². The van der Waals surface area contributed by atoms with Crippen molar-refractivity contribution in [1.29, 1.82) is 0 Å². The van der Waals surface area contributed by atoms with E-state index >= 15 is 0 Å². The second-order valence-corrected chi connectivity index (χ2v) is 9.10. The van der Waals surface area contributed by atoms with Crippen molar-refractivity contribution in [2.24, 2.45) is 0 Å². The van der Waals surface area contributed by atoms with Crippen LogP contribution in [-0.4, -0.2) is 55.2 Å². The zero-order valence-corrected chi connectivity index (χ0v) is 19.5. The molecule has 0 unspecified atom stereocenters. The molecule has 178 valence electrons. The first-order valence-electron chi connectivity index (χ1n) is 12.0. The lowest BCUT2D eigenvalue weighted by atomic mass is 10.0. The number of hydrogen-bond acceptors (Lipinski definition) is 4. The van der Waals surface area contributed by atoms with Gasteiger partial charge in [0.15, 0.2) is 11.6 Å². The molecule has 2 fully saturated rings. The Morgan fingerprint density at radius 3 is 2.39 bits per heavy atom. The molecule has 0 saturated carbocycles. The van der Waals surface area contributed by atoms with E-state index < -0.39 is 0 Å². The fraction of sp³-hybridized carbons (Fsp3) is 0.500. The van der Waals surface area contributed by atoms with E-state index in [0.717, 1.165) is 51.1 Å². The average Bonchev–Trinajstić information content (AvgIpc) is 3.33. The molecule has 2 aliphatic rings. The van der Waals surface area contributed by atoms with Gasteiger partial charge in [0.1, 0.15) is 0 Å². The molecule has 4 rings (SSSR count). The summed E-state index contributed by atoms with van der Waals surface area (Å²) in [6.07, 6.45) is 4.33. The van der Waals surface area contributed by atoms with Crippen LogP contribution in [-0.2, 0) is 19.6 Å². The number of hydrogen-bond donors (Lipinski definition) is 2. The second kappa shape index (κ2) is 11.5. The third kappa shape index (κ3) is 6.68. The molecule has 2 heterocycles. The first-order chi connectivity index (χ1) is 16.1. The number of nitrogens with one attached hydrogen (secondary N) is 2. The Hall–Kier alpha value is -2.64. The standard InChI is InChI=1S/C26H35FN4O2/c1-33-25-9-8-20(16-24(25)27)18-31-14-10-23(11-15-31)29-26(32)28-17-21-6-2-3-7-22(21)19-30-12-4-5-13-30/h2-3,6-9,16,23H,4-5,10-15,17-19H2,1H3,(H2,28,29,32). The number of benzene rings is 2. The van der Waals surface area contributed by atoms with Crippen LogP contribution in [0.1, 0.15) is 42.4 Å². The Morgan fingerprint density at radius 2 is 1.70 bits per heavy atom. The summed E-state index contributed by atoms with van der Waals surface area (Å²) in [5.74, 6) is -0.0587. The summed E-state index contributed by atoms with van der Waals surface area (Å²) in [5, 5.41) is 6.17. The fourth-order valence-electron chi connectivity index (χ4n) is 4.78. The number of urea groups is 1. The lowest BCUT2D eigenvalue weighted by molar-refractivity contribution is 0.186. The van der Waals surface area contributed by atoms with Gasteiger partial charge in [0.05, 0.1) is 7.11 Å². The van der Waals surface area contributed by atoms with E-state index in [2.05, 4.69) is 38.6 Å². The van der Waals surface area contributed by atoms with Crippen molar-refractivity contribution < 1.29 is 13.9 Å². The van der Waals surface area contributed by atoms with Crippen LogP contribution in [0.4, 0.5) is 9.18 Å². The van der Waals surface area contributed by atoms with Gasteiger partial charge in [-0.05, 0) is 67.6 Å². The lowest BCUT2D eigenvalue weighted by Gasteiger charge is -2.32. The normalized spacial score (nSPS) is 17.8. The molecule has 7 heteroatoms. The molecule has 6 nitrogen and oxygen atoms in total. The Labute approximate surface area is 196 Å². The van der Waals surface area contributed by atoms with Crippen LogP contribution in [0.25, 0.3) is 0 Å². The van der Waals surface area contributed by atoms with Crippen LogP contribution in [0.5, 0.6) is 5.75 Å². The molecule has 0 atom stereocenters. The zero-order valence-electron chi connectivity index (χ0n) is 19.5. The quantitative estimate of drug-likeness (QED) is 0.635. The van der Waals surface area contributed by atoms with Crippen molar-refractivity contribution in [3.63, 3.8) is 0 Å². The highest BCUT2D eigenvalue weighted by molar-refractivity contribution is 5.74. The average molecular weight is 455 g/mol. The van der Waals surface area contributed by atoms with E-state index in [1.807, 2.05) is 12.1 Å². The molecule has 0 spiro atoms. The summed E-state index contributed by atoms with van der Waals surface area (Å²) in [6.45, 7) is 6.26. The fourth-order valence-corrected chi connectivity index (χ4v) is 4.78. The molecule has 0 aliphatic carbocycles. The number of likely N-dealkylation sites (tertiary alicyclic amines) is 2. The van der Waals surface area contributed by atoms with Crippen molar-refractivity contribution in [3.05, 3.63) is 65.0 Å². The van der Waals surface area contributed by atoms with Gasteiger partial charge in [0.2, 0.25) is 0 Å². The summed E-state index contributed by atoms with van der Waals surface area (Å²) < 4.78 is 18.9. The van der Waals surface area contributed by atoms with Crippen LogP contribution in [0.15, 0.2) is 42.5 Å². The van der Waals surface area contributed by atoms with Gasteiger partial charge in [-0.15, -0.1) is 0 Å². The van der Waals surface area contributed by atoms with Gasteiger partial charge < -0.3 is 15.4 Å². The summed E-state index contributed by atoms with van der Waals surface area (Å²) in [7, 11) is 1.47. The van der Waals surface area contributed by atoms with Gasteiger partial charge in [-0.2, -0.15) is 0 Å². The largest absolute Gasteiger partial charge is 0.494 e. The van der Waals surface area contributed by atoms with Crippen molar-refractivity contribution >= 4 is 6.03 Å². The number of ether oxygens (including phenoxy) is 1. The molecule has 2 amide bonds. The van der Waals surface area contributed by atoms with E-state index in [9.17, 15) is 9.18 Å². The third-order valence-electron chi connectivity index (χ3n) is 6.70. The van der Waals surface area contributed by atoms with Crippen molar-refractivity contribution in [3.8, 4) is 5.75 Å². The monoisotopic (exact) mass is 454 g/mol. The molecule has 0 aromatic heterocycles. The van der Waals surface area contributed by atoms with Crippen molar-refractivity contribution in [1.82, 2.24) is 20.4 Å². The first-order valence-corrected chi connectivity index (χ1v) is 12.0. The van der Waals surface area contributed by atoms with Gasteiger partial charge in [-0.3, -0.25) is 9.80 Å². The predicted octanol–water partition coefficient (Wildman–Crippen LogP) is 3.89. The Balaban J connectivity index is 1.19. The molecule has 0 bridgehead atoms. The number of carbonyl (C=O) groups excluding carboxylic acids is 1. The minimum Gasteiger partial charge on any atom is -0.494 e. The maximum atomic E-state index is 13.9. The van der Waals surface area contributed by atoms with E-state index in [-0.39, 0.29) is 23.6 Å². The number of methoxy groups -OCH3 is 1. The summed E-state index contributed by atoms with van der Waals surface area (Å²) >= 11 is 0. The number of nitrogens with zero attached hydrogens (tertiary/aromatic N) is 2. The van der Waals surface area contributed by atoms with E-state index in [1.165, 1.54) is 37.1 Å². The predicted molar refractivity (Wildman–Crippen MR) is 128 cm³/mol. The minimum atomic E-state index is -0.328. The van der Waals surface area contributed by atoms with Gasteiger partial charge in [-0.25, -0.2) is 9.18 Å². The minimum absolute atomic E-state index is 0.110. The molecule has 2 aromatic rings. The van der Waals surface area contributed by atoms with Gasteiger partial charge >= 0.3 is 6.03 Å². The second-order valence-electron chi connectivity index (χ2n) is 9.10. The van der Waals surface area contributed by atoms with Gasteiger partial charge in [-0.1, -0.05) is 30.3 Å². The molecule has 2 saturated heterocycles. The smallest absolute Gasteiger partial charge is 0.315 e. The van der Waals surface area contributed by atoms with Crippen LogP contribution in [0.2, 0.25) is 0 Å². The lowest BCUT2D eigenvalue weighted by Crippen LogP contribution is -2.47. The number of rotatable bonds is 8. The molecule has 2 aliphatic heterocycles. The molecule has 33 heavy (non-hydrogen) atoms. The zero-order chi connectivity index (χ0) is 23.0. The maximum Gasteiger partial charge on any atom is 0.315 e. The summed E-state index contributed by atoms with van der Waals surface area (Å²) in [4.78, 5) is 17.3. The van der Waals surface area contributed by atoms with Crippen LogP contribution in [0.3, 0.4) is 0 Å². The summed E-state index contributed by atoms with van der Waals surface area (Å²) in [5.41, 5.74) is 3.41. The SMILES string of the molecule is COc1ccc(CN2CCC(NC(=O)NCc3ccccc3CN3CCCC3)CC2)cc1F. The van der Waals surface area contributed by atoms with Crippen LogP contribution in [0, 0.1) is 5.82 Å². The highest BCUT2D eigenvalue weighted by Gasteiger charge is 2.21. The van der Waals surface area contributed by atoms with Gasteiger partial charge in [0.25, 0.3) is 0 Å². The molecular weight excluding hydrogens is 419 g/mol. The number of amides is 2. The van der Waals surface area contributed by atoms with E-state index in [4.69, 9.17) is 4.74 Å². The third-order valence-corrected chi connectivity index (χ3v) is 6.70. The van der Waals surface area contributed by atoms with Crippen molar-refractivity contribution in [2.75, 3.05) is 33.3 Å². The number of piperidine rings is 1. The Morgan fingerprint density at radius 1 is 1.00 bits per heavy atom. The van der Waals surface area contributed by atoms with Crippen molar-refractivity contribution in [2.45, 2.75) is 51.4 Å². The summed E-state index contributed by atoms with van der Waals surface area (Å²) in [6, 6.07) is 13.5. The molecule has 2 N–H and O–H groups in total. The van der Waals surface area contributed by atoms with E-state index in [1.54, 1.807) is 6.07 Å². The molecule has 0 radical (unpaired) electrons. The highest BCUT2D eigenvalue weighted by atomic mass is 19.1. The Kier molecular flexibility index (Phi) is 8.18. The molecular formula is C26H35FN4O2. The Bertz CT molecular complexity index is 924.